The molecule has 0 fully saturated rings. The predicted molar refractivity (Wildman–Crippen MR) is 94.3 cm³/mol. The summed E-state index contributed by atoms with van der Waals surface area (Å²) in [6.07, 6.45) is 1.60. The van der Waals surface area contributed by atoms with Crippen LogP contribution in [0.1, 0.15) is 5.69 Å². The van der Waals surface area contributed by atoms with Crippen molar-refractivity contribution in [3.63, 3.8) is 0 Å². The fourth-order valence-electron chi connectivity index (χ4n) is 2.12. The SMILES string of the molecule is O=C(CSc1nc2ccccc2o1)OCc1csc(-c2ccco2)n1. The van der Waals surface area contributed by atoms with Gasteiger partial charge in [0.05, 0.1) is 12.0 Å². The number of thioether (sulfide) groups is 1. The second-order valence-corrected chi connectivity index (χ2v) is 6.80. The zero-order valence-corrected chi connectivity index (χ0v) is 14.5. The van der Waals surface area contributed by atoms with E-state index >= 15 is 0 Å². The number of rotatable bonds is 6. The van der Waals surface area contributed by atoms with Crippen molar-refractivity contribution >= 4 is 40.2 Å². The highest BCUT2D eigenvalue weighted by molar-refractivity contribution is 7.99. The molecule has 0 aliphatic rings. The predicted octanol–water partition coefficient (Wildman–Crippen LogP) is 4.38. The molecule has 4 aromatic rings. The lowest BCUT2D eigenvalue weighted by molar-refractivity contribution is -0.141. The number of thiazole rings is 1. The van der Waals surface area contributed by atoms with Gasteiger partial charge in [-0.3, -0.25) is 4.79 Å². The number of para-hydroxylation sites is 2. The number of carbonyl (C=O) groups is 1. The minimum Gasteiger partial charge on any atom is -0.462 e. The van der Waals surface area contributed by atoms with E-state index in [4.69, 9.17) is 13.6 Å². The number of aromatic nitrogens is 2. The van der Waals surface area contributed by atoms with Crippen LogP contribution in [0.5, 0.6) is 0 Å². The van der Waals surface area contributed by atoms with Gasteiger partial charge in [0.25, 0.3) is 5.22 Å². The zero-order chi connectivity index (χ0) is 17.1. The molecule has 0 aliphatic carbocycles. The smallest absolute Gasteiger partial charge is 0.316 e. The number of benzene rings is 1. The van der Waals surface area contributed by atoms with E-state index in [0.717, 1.165) is 10.5 Å². The van der Waals surface area contributed by atoms with Crippen molar-refractivity contribution in [1.82, 2.24) is 9.97 Å². The van der Waals surface area contributed by atoms with Crippen LogP contribution in [0.4, 0.5) is 0 Å². The van der Waals surface area contributed by atoms with Crippen LogP contribution in [-0.2, 0) is 16.1 Å². The second kappa shape index (κ2) is 7.12. The van der Waals surface area contributed by atoms with E-state index in [0.29, 0.717) is 22.3 Å². The van der Waals surface area contributed by atoms with E-state index in [2.05, 4.69) is 9.97 Å². The summed E-state index contributed by atoms with van der Waals surface area (Å²) in [5, 5.41) is 3.06. The summed E-state index contributed by atoms with van der Waals surface area (Å²) in [5.41, 5.74) is 2.16. The van der Waals surface area contributed by atoms with Gasteiger partial charge in [-0.05, 0) is 24.3 Å². The molecule has 25 heavy (non-hydrogen) atoms. The minimum atomic E-state index is -0.347. The van der Waals surface area contributed by atoms with Crippen molar-refractivity contribution in [3.05, 3.63) is 53.7 Å². The number of ether oxygens (including phenoxy) is 1. The van der Waals surface area contributed by atoms with Gasteiger partial charge < -0.3 is 13.6 Å². The standard InChI is InChI=1S/C17H12N2O4S2/c20-15(10-25-17-19-12-4-1-2-5-13(12)23-17)22-8-11-9-24-16(18-11)14-6-3-7-21-14/h1-7,9H,8,10H2. The molecule has 6 nitrogen and oxygen atoms in total. The number of nitrogens with zero attached hydrogens (tertiary/aromatic N) is 2. The molecule has 0 saturated carbocycles. The Labute approximate surface area is 150 Å². The maximum absolute atomic E-state index is 11.9. The van der Waals surface area contributed by atoms with Gasteiger partial charge in [-0.2, -0.15) is 0 Å². The number of hydrogen-bond donors (Lipinski definition) is 0. The average Bonchev–Trinajstić information content (AvgIpc) is 3.37. The molecule has 3 aromatic heterocycles. The maximum atomic E-state index is 11.9. The first-order valence-electron chi connectivity index (χ1n) is 7.40. The molecular formula is C17H12N2O4S2. The van der Waals surface area contributed by atoms with Crippen LogP contribution in [0, 0.1) is 0 Å². The van der Waals surface area contributed by atoms with Gasteiger partial charge in [0, 0.05) is 5.38 Å². The second-order valence-electron chi connectivity index (χ2n) is 5.02. The Balaban J connectivity index is 1.29. The van der Waals surface area contributed by atoms with Crippen LogP contribution in [0.3, 0.4) is 0 Å². The van der Waals surface area contributed by atoms with Crippen LogP contribution in [0.25, 0.3) is 21.9 Å². The van der Waals surface area contributed by atoms with Crippen molar-refractivity contribution in [2.75, 3.05) is 5.75 Å². The highest BCUT2D eigenvalue weighted by atomic mass is 32.2. The molecule has 0 spiro atoms. The van der Waals surface area contributed by atoms with E-state index in [1.54, 1.807) is 12.3 Å². The number of oxazole rings is 1. The van der Waals surface area contributed by atoms with Crippen molar-refractivity contribution < 1.29 is 18.4 Å². The number of furan rings is 1. The maximum Gasteiger partial charge on any atom is 0.316 e. The average molecular weight is 372 g/mol. The van der Waals surface area contributed by atoms with Gasteiger partial charge in [0.1, 0.15) is 17.9 Å². The highest BCUT2D eigenvalue weighted by Gasteiger charge is 2.12. The van der Waals surface area contributed by atoms with E-state index in [1.807, 2.05) is 35.7 Å². The molecule has 0 N–H and O–H groups in total. The molecule has 4 rings (SSSR count). The van der Waals surface area contributed by atoms with E-state index in [1.165, 1.54) is 23.1 Å². The lowest BCUT2D eigenvalue weighted by Crippen LogP contribution is -2.07. The number of hydrogen-bond acceptors (Lipinski definition) is 8. The fraction of sp³-hybridized carbons (Fsp3) is 0.118. The summed E-state index contributed by atoms with van der Waals surface area (Å²) >= 11 is 2.65. The summed E-state index contributed by atoms with van der Waals surface area (Å²) in [7, 11) is 0. The molecule has 0 radical (unpaired) electrons. The molecular weight excluding hydrogens is 360 g/mol. The Bertz CT molecular complexity index is 958. The lowest BCUT2D eigenvalue weighted by Gasteiger charge is -2.00. The highest BCUT2D eigenvalue weighted by Crippen LogP contribution is 2.25. The first-order valence-corrected chi connectivity index (χ1v) is 9.27. The van der Waals surface area contributed by atoms with Crippen LogP contribution in [-0.4, -0.2) is 21.7 Å². The molecule has 126 valence electrons. The van der Waals surface area contributed by atoms with Gasteiger partial charge in [-0.25, -0.2) is 9.97 Å². The summed E-state index contributed by atoms with van der Waals surface area (Å²) in [5.74, 6) is 0.482. The third-order valence-electron chi connectivity index (χ3n) is 3.25. The Morgan fingerprint density at radius 2 is 2.12 bits per heavy atom. The number of esters is 1. The first kappa shape index (κ1) is 15.9. The normalized spacial score (nSPS) is 11.0. The molecule has 0 amide bonds. The van der Waals surface area contributed by atoms with E-state index in [9.17, 15) is 4.79 Å². The van der Waals surface area contributed by atoms with Crippen LogP contribution in [0.2, 0.25) is 0 Å². The van der Waals surface area contributed by atoms with Crippen LogP contribution in [0.15, 0.2) is 62.1 Å². The monoisotopic (exact) mass is 372 g/mol. The largest absolute Gasteiger partial charge is 0.462 e. The molecule has 0 saturated heterocycles. The number of carbonyl (C=O) groups excluding carboxylic acids is 1. The topological polar surface area (TPSA) is 78.4 Å². The van der Waals surface area contributed by atoms with E-state index in [-0.39, 0.29) is 18.3 Å². The summed E-state index contributed by atoms with van der Waals surface area (Å²) in [4.78, 5) is 20.6. The Hall–Kier alpha value is -2.58. The molecule has 0 aliphatic heterocycles. The van der Waals surface area contributed by atoms with Crippen molar-refractivity contribution in [1.29, 1.82) is 0 Å². The van der Waals surface area contributed by atoms with Gasteiger partial charge in [0.15, 0.2) is 16.4 Å². The Morgan fingerprint density at radius 1 is 1.20 bits per heavy atom. The zero-order valence-electron chi connectivity index (χ0n) is 12.9. The van der Waals surface area contributed by atoms with Crippen LogP contribution >= 0.6 is 23.1 Å². The quantitative estimate of drug-likeness (QED) is 0.367. The van der Waals surface area contributed by atoms with Gasteiger partial charge >= 0.3 is 5.97 Å². The Kier molecular flexibility index (Phi) is 4.53. The van der Waals surface area contributed by atoms with Crippen molar-refractivity contribution in [2.24, 2.45) is 0 Å². The fourth-order valence-corrected chi connectivity index (χ4v) is 3.52. The third kappa shape index (κ3) is 3.75. The molecule has 3 heterocycles. The molecule has 1 aromatic carbocycles. The minimum absolute atomic E-state index is 0.127. The summed E-state index contributed by atoms with van der Waals surface area (Å²) in [6.45, 7) is 0.129. The molecule has 0 unspecified atom stereocenters. The van der Waals surface area contributed by atoms with E-state index < -0.39 is 0 Å². The third-order valence-corrected chi connectivity index (χ3v) is 4.96. The molecule has 0 atom stereocenters. The molecule has 0 bridgehead atoms. The van der Waals surface area contributed by atoms with Crippen LogP contribution < -0.4 is 0 Å². The summed E-state index contributed by atoms with van der Waals surface area (Å²) < 4.78 is 16.1. The van der Waals surface area contributed by atoms with Gasteiger partial charge in [-0.15, -0.1) is 11.3 Å². The lowest BCUT2D eigenvalue weighted by atomic mass is 10.3. The number of fused-ring (bicyclic) bond motifs is 1. The summed E-state index contributed by atoms with van der Waals surface area (Å²) in [6, 6.07) is 11.1. The Morgan fingerprint density at radius 3 is 2.96 bits per heavy atom. The van der Waals surface area contributed by atoms with Crippen molar-refractivity contribution in [3.8, 4) is 10.8 Å². The first-order chi connectivity index (χ1) is 12.3. The van der Waals surface area contributed by atoms with Crippen molar-refractivity contribution in [2.45, 2.75) is 11.8 Å². The van der Waals surface area contributed by atoms with Gasteiger partial charge in [-0.1, -0.05) is 23.9 Å². The molecule has 8 heteroatoms. The van der Waals surface area contributed by atoms with Gasteiger partial charge in [0.2, 0.25) is 0 Å².